The van der Waals surface area contributed by atoms with E-state index in [1.54, 1.807) is 14.2 Å². The van der Waals surface area contributed by atoms with E-state index in [-0.39, 0.29) is 18.4 Å². The van der Waals surface area contributed by atoms with E-state index in [0.29, 0.717) is 12.1 Å². The Balaban J connectivity index is 1.87. The van der Waals surface area contributed by atoms with Crippen molar-refractivity contribution in [3.8, 4) is 0 Å². The Bertz CT molecular complexity index is 1780. The lowest BCUT2D eigenvalue weighted by Gasteiger charge is -2.44. The Morgan fingerprint density at radius 3 is 2.40 bits per heavy atom. The minimum atomic E-state index is -1.47. The smallest absolute Gasteiger partial charge is 0.252 e. The van der Waals surface area contributed by atoms with Crippen LogP contribution in [0.1, 0.15) is 22.8 Å². The van der Waals surface area contributed by atoms with Crippen LogP contribution in [-0.2, 0) is 28.3 Å². The van der Waals surface area contributed by atoms with Gasteiger partial charge in [-0.15, -0.1) is 0 Å². The van der Waals surface area contributed by atoms with Gasteiger partial charge in [-0.1, -0.05) is 36.4 Å². The van der Waals surface area contributed by atoms with E-state index < -0.39 is 11.3 Å². The van der Waals surface area contributed by atoms with Crippen molar-refractivity contribution in [2.24, 2.45) is 5.73 Å². The minimum Gasteiger partial charge on any atom is -0.357 e. The molecule has 2 aliphatic rings. The van der Waals surface area contributed by atoms with Gasteiger partial charge in [0.15, 0.2) is 11.3 Å². The number of hydrogen-bond donors (Lipinski definition) is 3. The number of para-hydroxylation sites is 2. The van der Waals surface area contributed by atoms with Gasteiger partial charge in [0.2, 0.25) is 5.91 Å². The molecular formula is C27H25N5O3. The second-order valence-electron chi connectivity index (χ2n) is 9.68. The van der Waals surface area contributed by atoms with Crippen LogP contribution in [0.5, 0.6) is 0 Å². The molecule has 4 heterocycles. The molecule has 0 radical (unpaired) electrons. The second kappa shape index (κ2) is 6.41. The molecule has 2 atom stereocenters. The van der Waals surface area contributed by atoms with E-state index in [9.17, 15) is 9.59 Å². The number of rotatable bonds is 2. The largest absolute Gasteiger partial charge is 0.357 e. The molecule has 7 rings (SSSR count). The Labute approximate surface area is 200 Å². The van der Waals surface area contributed by atoms with Gasteiger partial charge in [-0.3, -0.25) is 9.59 Å². The molecule has 0 saturated heterocycles. The van der Waals surface area contributed by atoms with Crippen LogP contribution < -0.4 is 16.4 Å². The first kappa shape index (κ1) is 20.5. The van der Waals surface area contributed by atoms with E-state index in [0.717, 1.165) is 49.2 Å². The van der Waals surface area contributed by atoms with Crippen molar-refractivity contribution < 1.29 is 14.3 Å². The van der Waals surface area contributed by atoms with Crippen LogP contribution in [0.25, 0.3) is 43.6 Å². The maximum Gasteiger partial charge on any atom is 0.252 e. The maximum atomic E-state index is 13.6. The number of methoxy groups -OCH3 is 1. The zero-order valence-corrected chi connectivity index (χ0v) is 19.7. The predicted molar refractivity (Wildman–Crippen MR) is 135 cm³/mol. The number of nitrogens with zero attached hydrogens (tertiary/aromatic N) is 2. The van der Waals surface area contributed by atoms with Crippen molar-refractivity contribution in [2.75, 3.05) is 14.2 Å². The van der Waals surface area contributed by atoms with Crippen LogP contribution in [0.15, 0.2) is 48.5 Å². The molecule has 35 heavy (non-hydrogen) atoms. The highest BCUT2D eigenvalue weighted by atomic mass is 16.5. The fraction of sp³-hybridized carbons (Fsp3) is 0.259. The molecule has 0 aliphatic carbocycles. The minimum absolute atomic E-state index is 0.0781. The van der Waals surface area contributed by atoms with E-state index >= 15 is 0 Å². The number of nitrogens with one attached hydrogen (secondary N) is 2. The number of hydrogen-bond acceptors (Lipinski definition) is 4. The molecule has 2 amide bonds. The second-order valence-corrected chi connectivity index (χ2v) is 9.68. The monoisotopic (exact) mass is 467 g/mol. The molecule has 0 fully saturated rings. The average molecular weight is 468 g/mol. The third-order valence-corrected chi connectivity index (χ3v) is 8.27. The van der Waals surface area contributed by atoms with Crippen molar-refractivity contribution in [3.05, 3.63) is 59.7 Å². The lowest BCUT2D eigenvalue weighted by Crippen LogP contribution is -2.69. The zero-order valence-electron chi connectivity index (χ0n) is 19.7. The highest BCUT2D eigenvalue weighted by molar-refractivity contribution is 6.31. The summed E-state index contributed by atoms with van der Waals surface area (Å²) >= 11 is 0. The quantitative estimate of drug-likeness (QED) is 0.371. The van der Waals surface area contributed by atoms with Crippen molar-refractivity contribution in [1.29, 1.82) is 0 Å². The lowest BCUT2D eigenvalue weighted by molar-refractivity contribution is -0.155. The van der Waals surface area contributed by atoms with Crippen LogP contribution in [0, 0.1) is 0 Å². The van der Waals surface area contributed by atoms with Gasteiger partial charge in [0.05, 0.1) is 28.7 Å². The fourth-order valence-corrected chi connectivity index (χ4v) is 6.51. The Morgan fingerprint density at radius 1 is 1.06 bits per heavy atom. The number of carbonyl (C=O) groups is 2. The van der Waals surface area contributed by atoms with E-state index in [2.05, 4.69) is 25.8 Å². The topological polar surface area (TPSA) is 103 Å². The maximum absolute atomic E-state index is 13.6. The fourth-order valence-electron chi connectivity index (χ4n) is 6.51. The van der Waals surface area contributed by atoms with Gasteiger partial charge in [0.25, 0.3) is 5.91 Å². The van der Waals surface area contributed by atoms with Crippen LogP contribution in [0.3, 0.4) is 0 Å². The van der Waals surface area contributed by atoms with Gasteiger partial charge in [0.1, 0.15) is 0 Å². The summed E-state index contributed by atoms with van der Waals surface area (Å²) in [5.74, 6) is -0.400. The standard InChI is InChI=1S/C27H25N5O3/c1-26(35-3)27(28,25(34)29-2)13-31-17-10-6-4-8-14(17)20-21-16(12-30-24(21)33)19-15-9-5-7-11-18(15)32(26)23(19)22(20)31/h4-11H,12-13,28H2,1-3H3,(H,29,34)(H,30,33)/t26-,27?/m0/s1. The van der Waals surface area contributed by atoms with Crippen LogP contribution in [0.4, 0.5) is 0 Å². The summed E-state index contributed by atoms with van der Waals surface area (Å²) < 4.78 is 10.4. The third kappa shape index (κ3) is 2.11. The SMILES string of the molecule is CNC(=O)C1(N)Cn2c3ccccc3c3c4c(c5c6ccccc6n(c5c32)[C@@]1(C)OC)CNC4=O. The first-order valence-electron chi connectivity index (χ1n) is 11.7. The van der Waals surface area contributed by atoms with Gasteiger partial charge in [-0.05, 0) is 24.6 Å². The van der Waals surface area contributed by atoms with Gasteiger partial charge in [-0.2, -0.15) is 0 Å². The highest BCUT2D eigenvalue weighted by Gasteiger charge is 2.56. The number of fused-ring (bicyclic) bond motifs is 9. The number of aromatic nitrogens is 2. The molecule has 2 aromatic heterocycles. The van der Waals surface area contributed by atoms with Gasteiger partial charge >= 0.3 is 0 Å². The van der Waals surface area contributed by atoms with Crippen molar-refractivity contribution in [2.45, 2.75) is 31.3 Å². The summed E-state index contributed by atoms with van der Waals surface area (Å²) in [6.07, 6.45) is 0. The summed E-state index contributed by atoms with van der Waals surface area (Å²) in [6.45, 7) is 2.50. The van der Waals surface area contributed by atoms with Crippen molar-refractivity contribution in [3.63, 3.8) is 0 Å². The number of ether oxygens (including phenoxy) is 1. The van der Waals surface area contributed by atoms with E-state index in [1.807, 2.05) is 49.4 Å². The van der Waals surface area contributed by atoms with Crippen molar-refractivity contribution in [1.82, 2.24) is 19.8 Å². The molecule has 0 saturated carbocycles. The number of nitrogens with two attached hydrogens (primary N) is 1. The highest BCUT2D eigenvalue weighted by Crippen LogP contribution is 2.50. The van der Waals surface area contributed by atoms with Gasteiger partial charge < -0.3 is 30.2 Å². The first-order valence-corrected chi connectivity index (χ1v) is 11.7. The van der Waals surface area contributed by atoms with Crippen LogP contribution >= 0.6 is 0 Å². The Hall–Kier alpha value is -3.88. The van der Waals surface area contributed by atoms with Crippen LogP contribution in [-0.4, -0.2) is 40.6 Å². The van der Waals surface area contributed by atoms with Gasteiger partial charge in [-0.25, -0.2) is 0 Å². The first-order chi connectivity index (χ1) is 16.9. The molecule has 5 aromatic rings. The molecule has 8 nitrogen and oxygen atoms in total. The number of benzene rings is 3. The molecule has 2 aliphatic heterocycles. The summed E-state index contributed by atoms with van der Waals surface area (Å²) in [7, 11) is 3.19. The number of likely N-dealkylation sites (N-methyl/N-ethyl adjacent to an activating group) is 1. The molecule has 4 N–H and O–H groups in total. The summed E-state index contributed by atoms with van der Waals surface area (Å²) in [5, 5.41) is 9.69. The van der Waals surface area contributed by atoms with E-state index in [4.69, 9.17) is 10.5 Å². The molecule has 0 spiro atoms. The van der Waals surface area contributed by atoms with Gasteiger partial charge in [0, 0.05) is 47.8 Å². The summed E-state index contributed by atoms with van der Waals surface area (Å²) in [4.78, 5) is 26.8. The van der Waals surface area contributed by atoms with Crippen molar-refractivity contribution >= 4 is 55.4 Å². The predicted octanol–water partition coefficient (Wildman–Crippen LogP) is 2.92. The number of carbonyl (C=O) groups excluding carboxylic acids is 2. The summed E-state index contributed by atoms with van der Waals surface area (Å²) in [5.41, 5.74) is 9.75. The molecule has 176 valence electrons. The lowest BCUT2D eigenvalue weighted by atomic mass is 9.86. The Morgan fingerprint density at radius 2 is 1.71 bits per heavy atom. The molecule has 1 unspecified atom stereocenters. The van der Waals surface area contributed by atoms with E-state index in [1.165, 1.54) is 0 Å². The summed E-state index contributed by atoms with van der Waals surface area (Å²) in [6, 6.07) is 16.1. The molecule has 3 aromatic carbocycles. The molecular weight excluding hydrogens is 442 g/mol. The Kier molecular flexibility index (Phi) is 3.75. The third-order valence-electron chi connectivity index (χ3n) is 8.27. The molecule has 0 bridgehead atoms. The zero-order chi connectivity index (χ0) is 24.3. The average Bonchev–Trinajstić information content (AvgIpc) is 3.51. The number of amides is 2. The van der Waals surface area contributed by atoms with Crippen LogP contribution in [0.2, 0.25) is 0 Å². The molecule has 8 heteroatoms. The normalized spacial score (nSPS) is 23.4.